The van der Waals surface area contributed by atoms with Gasteiger partial charge in [-0.05, 0) is 44.9 Å². The van der Waals surface area contributed by atoms with Crippen LogP contribution in [0.25, 0.3) is 0 Å². The van der Waals surface area contributed by atoms with Gasteiger partial charge in [-0.25, -0.2) is 0 Å². The van der Waals surface area contributed by atoms with Crippen molar-refractivity contribution in [1.29, 1.82) is 0 Å². The lowest BCUT2D eigenvalue weighted by Gasteiger charge is -2.18. The van der Waals surface area contributed by atoms with Crippen LogP contribution < -0.4 is 0 Å². The highest BCUT2D eigenvalue weighted by Crippen LogP contribution is 2.16. The monoisotopic (exact) mass is 805 g/mol. The lowest BCUT2D eigenvalue weighted by atomic mass is 10.0. The van der Waals surface area contributed by atoms with E-state index in [4.69, 9.17) is 14.2 Å². The van der Waals surface area contributed by atoms with E-state index in [9.17, 15) is 14.4 Å². The first-order valence-electron chi connectivity index (χ1n) is 25.2. The number of ether oxygens (including phenoxy) is 3. The van der Waals surface area contributed by atoms with Crippen LogP contribution in [-0.4, -0.2) is 37.2 Å². The van der Waals surface area contributed by atoms with Gasteiger partial charge in [0, 0.05) is 19.3 Å². The molecule has 0 saturated heterocycles. The molecule has 0 aliphatic carbocycles. The van der Waals surface area contributed by atoms with Gasteiger partial charge in [-0.2, -0.15) is 0 Å². The fraction of sp³-hybridized carbons (Fsp3) is 0.902. The number of rotatable bonds is 46. The molecule has 0 amide bonds. The molecule has 57 heavy (non-hydrogen) atoms. The Morgan fingerprint density at radius 2 is 0.579 bits per heavy atom. The number of carbonyl (C=O) groups is 3. The van der Waals surface area contributed by atoms with Gasteiger partial charge in [0.15, 0.2) is 6.10 Å². The predicted octanol–water partition coefficient (Wildman–Crippen LogP) is 16.2. The largest absolute Gasteiger partial charge is 0.462 e. The Morgan fingerprint density at radius 3 is 0.877 bits per heavy atom. The van der Waals surface area contributed by atoms with E-state index < -0.39 is 6.10 Å². The van der Waals surface area contributed by atoms with Crippen LogP contribution in [0, 0.1) is 0 Å². The third kappa shape index (κ3) is 45.1. The molecule has 336 valence electrons. The normalized spacial score (nSPS) is 12.0. The van der Waals surface area contributed by atoms with Crippen molar-refractivity contribution in [3.8, 4) is 0 Å². The summed E-state index contributed by atoms with van der Waals surface area (Å²) in [4.78, 5) is 37.7. The first-order chi connectivity index (χ1) is 28.0. The molecular formula is C51H96O6. The fourth-order valence-electron chi connectivity index (χ4n) is 7.44. The molecule has 0 rings (SSSR count). The minimum absolute atomic E-state index is 0.0679. The highest BCUT2D eigenvalue weighted by Gasteiger charge is 2.19. The Bertz CT molecular complexity index is 885. The van der Waals surface area contributed by atoms with Crippen LogP contribution in [0.1, 0.15) is 278 Å². The Morgan fingerprint density at radius 1 is 0.333 bits per heavy atom. The van der Waals surface area contributed by atoms with Crippen LogP contribution in [0.15, 0.2) is 12.2 Å². The first kappa shape index (κ1) is 55.2. The summed E-state index contributed by atoms with van der Waals surface area (Å²) in [6, 6.07) is 0. The Kier molecular flexibility index (Phi) is 45.3. The minimum Gasteiger partial charge on any atom is -0.462 e. The van der Waals surface area contributed by atoms with Crippen molar-refractivity contribution in [1.82, 2.24) is 0 Å². The van der Waals surface area contributed by atoms with Gasteiger partial charge in [-0.3, -0.25) is 14.4 Å². The van der Waals surface area contributed by atoms with Gasteiger partial charge in [0.1, 0.15) is 13.2 Å². The van der Waals surface area contributed by atoms with Crippen LogP contribution in [0.3, 0.4) is 0 Å². The highest BCUT2D eigenvalue weighted by atomic mass is 16.6. The summed E-state index contributed by atoms with van der Waals surface area (Å²) in [6.07, 6.45) is 50.7. The molecule has 0 heterocycles. The van der Waals surface area contributed by atoms with E-state index in [-0.39, 0.29) is 31.1 Å². The standard InChI is InChI=1S/C51H96O6/c1-4-7-10-13-16-18-20-22-24-26-28-29-31-33-35-38-41-44-50(53)56-47-48(46-55-49(52)43-40-37-15-12-9-6-3)57-51(54)45-42-39-36-34-32-30-27-25-23-21-19-17-14-11-8-5-2/h22,24,48H,4-21,23,25-47H2,1-3H3/b24-22-. The van der Waals surface area contributed by atoms with Crippen molar-refractivity contribution in [2.75, 3.05) is 13.2 Å². The second-order valence-corrected chi connectivity index (χ2v) is 17.1. The lowest BCUT2D eigenvalue weighted by molar-refractivity contribution is -0.167. The van der Waals surface area contributed by atoms with E-state index in [1.165, 1.54) is 180 Å². The zero-order valence-corrected chi connectivity index (χ0v) is 38.4. The predicted molar refractivity (Wildman–Crippen MR) is 243 cm³/mol. The van der Waals surface area contributed by atoms with Crippen molar-refractivity contribution in [3.63, 3.8) is 0 Å². The van der Waals surface area contributed by atoms with Crippen LogP contribution in [0.2, 0.25) is 0 Å². The summed E-state index contributed by atoms with van der Waals surface area (Å²) < 4.78 is 16.7. The van der Waals surface area contributed by atoms with Gasteiger partial charge in [-0.1, -0.05) is 226 Å². The van der Waals surface area contributed by atoms with Crippen molar-refractivity contribution >= 4 is 17.9 Å². The average Bonchev–Trinajstić information content (AvgIpc) is 3.21. The minimum atomic E-state index is -0.763. The molecule has 0 aliphatic rings. The van der Waals surface area contributed by atoms with Gasteiger partial charge in [0.2, 0.25) is 0 Å². The summed E-state index contributed by atoms with van der Waals surface area (Å²) in [5.74, 6) is -0.867. The van der Waals surface area contributed by atoms with E-state index in [2.05, 4.69) is 32.9 Å². The zero-order chi connectivity index (χ0) is 41.5. The second kappa shape index (κ2) is 46.8. The van der Waals surface area contributed by atoms with Crippen LogP contribution in [0.5, 0.6) is 0 Å². The Balaban J connectivity index is 4.19. The molecule has 0 bridgehead atoms. The van der Waals surface area contributed by atoms with E-state index >= 15 is 0 Å². The molecule has 0 radical (unpaired) electrons. The first-order valence-corrected chi connectivity index (χ1v) is 25.2. The van der Waals surface area contributed by atoms with Crippen molar-refractivity contribution in [2.45, 2.75) is 284 Å². The van der Waals surface area contributed by atoms with Crippen molar-refractivity contribution in [3.05, 3.63) is 12.2 Å². The molecule has 0 spiro atoms. The number of allylic oxidation sites excluding steroid dienone is 2. The van der Waals surface area contributed by atoms with Crippen molar-refractivity contribution in [2.24, 2.45) is 0 Å². The summed E-state index contributed by atoms with van der Waals surface area (Å²) in [7, 11) is 0. The third-order valence-electron chi connectivity index (χ3n) is 11.3. The SMILES string of the molecule is CCCCCCCC/C=C\CCCCCCCCCC(=O)OCC(COC(=O)CCCCCCCC)OC(=O)CCCCCCCCCCCCCCCCCC. The summed E-state index contributed by atoms with van der Waals surface area (Å²) in [5, 5.41) is 0. The molecule has 0 saturated carbocycles. The molecule has 0 N–H and O–H groups in total. The van der Waals surface area contributed by atoms with Crippen molar-refractivity contribution < 1.29 is 28.6 Å². The molecule has 0 aliphatic heterocycles. The number of unbranched alkanes of at least 4 members (excludes halogenated alkanes) is 33. The van der Waals surface area contributed by atoms with E-state index in [0.717, 1.165) is 57.8 Å². The quantitative estimate of drug-likeness (QED) is 0.0264. The molecule has 1 atom stereocenters. The maximum Gasteiger partial charge on any atom is 0.306 e. The number of hydrogen-bond donors (Lipinski definition) is 0. The molecule has 0 aromatic heterocycles. The average molecular weight is 805 g/mol. The number of carbonyl (C=O) groups excluding carboxylic acids is 3. The summed E-state index contributed by atoms with van der Waals surface area (Å²) in [5.41, 5.74) is 0. The molecule has 0 aromatic carbocycles. The summed E-state index contributed by atoms with van der Waals surface area (Å²) in [6.45, 7) is 6.60. The maximum absolute atomic E-state index is 12.7. The van der Waals surface area contributed by atoms with E-state index in [1.54, 1.807) is 0 Å². The van der Waals surface area contributed by atoms with Crippen LogP contribution in [0.4, 0.5) is 0 Å². The molecule has 6 heteroatoms. The lowest BCUT2D eigenvalue weighted by Crippen LogP contribution is -2.30. The van der Waals surface area contributed by atoms with Gasteiger partial charge >= 0.3 is 17.9 Å². The zero-order valence-electron chi connectivity index (χ0n) is 38.4. The van der Waals surface area contributed by atoms with E-state index in [0.29, 0.717) is 19.3 Å². The van der Waals surface area contributed by atoms with E-state index in [1.807, 2.05) is 0 Å². The highest BCUT2D eigenvalue weighted by molar-refractivity contribution is 5.71. The third-order valence-corrected chi connectivity index (χ3v) is 11.3. The fourth-order valence-corrected chi connectivity index (χ4v) is 7.44. The van der Waals surface area contributed by atoms with Crippen LogP contribution >= 0.6 is 0 Å². The van der Waals surface area contributed by atoms with Gasteiger partial charge in [0.05, 0.1) is 0 Å². The van der Waals surface area contributed by atoms with Gasteiger partial charge in [0.25, 0.3) is 0 Å². The molecule has 0 aromatic rings. The second-order valence-electron chi connectivity index (χ2n) is 17.1. The smallest absolute Gasteiger partial charge is 0.306 e. The molecule has 1 unspecified atom stereocenters. The van der Waals surface area contributed by atoms with Gasteiger partial charge < -0.3 is 14.2 Å². The molecular weight excluding hydrogens is 709 g/mol. The van der Waals surface area contributed by atoms with Gasteiger partial charge in [-0.15, -0.1) is 0 Å². The molecule has 6 nitrogen and oxygen atoms in total. The Labute approximate surface area is 354 Å². The number of hydrogen-bond acceptors (Lipinski definition) is 6. The van der Waals surface area contributed by atoms with Crippen LogP contribution in [-0.2, 0) is 28.6 Å². The Hall–Kier alpha value is -1.85. The number of esters is 3. The maximum atomic E-state index is 12.7. The molecule has 0 fully saturated rings. The topological polar surface area (TPSA) is 78.9 Å². The summed E-state index contributed by atoms with van der Waals surface area (Å²) >= 11 is 0.